The predicted molar refractivity (Wildman–Crippen MR) is 62.9 cm³/mol. The monoisotopic (exact) mass is 222 g/mol. The third kappa shape index (κ3) is 4.76. The number of rotatable bonds is 2. The van der Waals surface area contributed by atoms with Crippen LogP contribution < -0.4 is 0 Å². The number of carbonyl (C=O) groups is 2. The zero-order valence-corrected chi connectivity index (χ0v) is 8.85. The maximum Gasteiger partial charge on any atom is 0.336 e. The van der Waals surface area contributed by atoms with Gasteiger partial charge in [-0.3, -0.25) is 0 Å². The van der Waals surface area contributed by atoms with Crippen LogP contribution in [-0.2, 0) is 0 Å². The summed E-state index contributed by atoms with van der Waals surface area (Å²) in [4.78, 5) is 20.9. The second-order valence-corrected chi connectivity index (χ2v) is 2.16. The molecule has 1 aromatic rings. The highest BCUT2D eigenvalue weighted by Crippen LogP contribution is 2.07. The maximum absolute atomic E-state index is 10.5. The molecule has 4 heteroatoms. The Kier molecular flexibility index (Phi) is 9.25. The van der Waals surface area contributed by atoms with E-state index in [4.69, 9.17) is 10.2 Å². The van der Waals surface area contributed by atoms with Gasteiger partial charge in [0, 0.05) is 0 Å². The van der Waals surface area contributed by atoms with E-state index in [2.05, 4.69) is 26.3 Å². The van der Waals surface area contributed by atoms with Gasteiger partial charge in [-0.2, -0.15) is 0 Å². The summed E-state index contributed by atoms with van der Waals surface area (Å²) in [6.07, 6.45) is 0. The van der Waals surface area contributed by atoms with Crippen LogP contribution in [0.1, 0.15) is 20.7 Å². The molecule has 0 spiro atoms. The smallest absolute Gasteiger partial charge is 0.336 e. The summed E-state index contributed by atoms with van der Waals surface area (Å²) in [5.74, 6) is -2.46. The summed E-state index contributed by atoms with van der Waals surface area (Å²) in [6, 6.07) is 5.48. The molecule has 0 atom stereocenters. The normalized spacial score (nSPS) is 7.50. The van der Waals surface area contributed by atoms with Crippen molar-refractivity contribution < 1.29 is 19.8 Å². The van der Waals surface area contributed by atoms with Gasteiger partial charge in [0.05, 0.1) is 11.1 Å². The first kappa shape index (κ1) is 16.1. The van der Waals surface area contributed by atoms with Crippen molar-refractivity contribution in [3.8, 4) is 0 Å². The van der Waals surface area contributed by atoms with Gasteiger partial charge in [0.1, 0.15) is 0 Å². The summed E-state index contributed by atoms with van der Waals surface area (Å²) in [7, 11) is 0. The van der Waals surface area contributed by atoms with Gasteiger partial charge in [0.2, 0.25) is 0 Å². The minimum absolute atomic E-state index is 0.190. The van der Waals surface area contributed by atoms with Gasteiger partial charge in [-0.1, -0.05) is 12.1 Å². The molecule has 0 unspecified atom stereocenters. The minimum atomic E-state index is -1.23. The lowest BCUT2D eigenvalue weighted by molar-refractivity contribution is 0.0651. The first-order chi connectivity index (χ1) is 7.63. The molecule has 86 valence electrons. The molecular formula is C12H14O4. The Morgan fingerprint density at radius 2 is 1.06 bits per heavy atom. The Hall–Kier alpha value is -2.36. The lowest BCUT2D eigenvalue weighted by Crippen LogP contribution is -2.06. The topological polar surface area (TPSA) is 74.6 Å². The fraction of sp³-hybridized carbons (Fsp3) is 0. The van der Waals surface area contributed by atoms with E-state index in [1.54, 1.807) is 0 Å². The van der Waals surface area contributed by atoms with E-state index in [-0.39, 0.29) is 11.1 Å². The standard InChI is InChI=1S/C8H6O4.2C2H4/c9-7(10)5-3-1-2-4-6(5)8(11)12;2*1-2/h1-4H,(H,9,10)(H,11,12);2*1-2H2. The average Bonchev–Trinajstić information content (AvgIpc) is 2.34. The van der Waals surface area contributed by atoms with Crippen molar-refractivity contribution in [2.45, 2.75) is 0 Å². The summed E-state index contributed by atoms with van der Waals surface area (Å²) in [5, 5.41) is 17.1. The number of benzene rings is 1. The van der Waals surface area contributed by atoms with Crippen molar-refractivity contribution in [3.63, 3.8) is 0 Å². The first-order valence-electron chi connectivity index (χ1n) is 4.18. The van der Waals surface area contributed by atoms with E-state index in [1.165, 1.54) is 24.3 Å². The molecule has 0 aliphatic carbocycles. The summed E-state index contributed by atoms with van der Waals surface area (Å²) in [6.45, 7) is 12.0. The summed E-state index contributed by atoms with van der Waals surface area (Å²) < 4.78 is 0. The van der Waals surface area contributed by atoms with Gasteiger partial charge < -0.3 is 10.2 Å². The molecule has 0 bridgehead atoms. The molecule has 0 fully saturated rings. The Morgan fingerprint density at radius 3 is 1.25 bits per heavy atom. The quantitative estimate of drug-likeness (QED) is 0.754. The van der Waals surface area contributed by atoms with Crippen molar-refractivity contribution >= 4 is 11.9 Å². The zero-order chi connectivity index (χ0) is 13.1. The molecule has 0 heterocycles. The third-order valence-corrected chi connectivity index (χ3v) is 1.39. The van der Waals surface area contributed by atoms with Crippen molar-refractivity contribution in [1.29, 1.82) is 0 Å². The van der Waals surface area contributed by atoms with Crippen LogP contribution in [0, 0.1) is 0 Å². The van der Waals surface area contributed by atoms with Gasteiger partial charge in [-0.05, 0) is 12.1 Å². The maximum atomic E-state index is 10.5. The highest BCUT2D eigenvalue weighted by molar-refractivity contribution is 6.01. The lowest BCUT2D eigenvalue weighted by Gasteiger charge is -1.98. The van der Waals surface area contributed by atoms with Crippen LogP contribution in [0.5, 0.6) is 0 Å². The van der Waals surface area contributed by atoms with E-state index in [1.807, 2.05) is 0 Å². The molecule has 2 N–H and O–H groups in total. The van der Waals surface area contributed by atoms with Crippen molar-refractivity contribution in [2.24, 2.45) is 0 Å². The number of aromatic carboxylic acids is 2. The predicted octanol–water partition coefficient (Wildman–Crippen LogP) is 2.69. The molecule has 0 aromatic heterocycles. The third-order valence-electron chi connectivity index (χ3n) is 1.39. The van der Waals surface area contributed by atoms with Crippen molar-refractivity contribution in [1.82, 2.24) is 0 Å². The van der Waals surface area contributed by atoms with E-state index < -0.39 is 11.9 Å². The lowest BCUT2D eigenvalue weighted by atomic mass is 10.1. The van der Waals surface area contributed by atoms with Gasteiger partial charge in [-0.25, -0.2) is 9.59 Å². The van der Waals surface area contributed by atoms with Gasteiger partial charge in [0.25, 0.3) is 0 Å². The zero-order valence-electron chi connectivity index (χ0n) is 8.85. The molecule has 0 saturated carbocycles. The molecule has 0 aliphatic heterocycles. The summed E-state index contributed by atoms with van der Waals surface area (Å²) in [5.41, 5.74) is -0.380. The van der Waals surface area contributed by atoms with E-state index in [9.17, 15) is 9.59 Å². The molecule has 0 amide bonds. The van der Waals surface area contributed by atoms with Crippen LogP contribution in [0.15, 0.2) is 50.6 Å². The van der Waals surface area contributed by atoms with Gasteiger partial charge in [-0.15, -0.1) is 26.3 Å². The molecular weight excluding hydrogens is 208 g/mol. The Morgan fingerprint density at radius 1 is 0.812 bits per heavy atom. The number of hydrogen-bond acceptors (Lipinski definition) is 2. The number of carboxylic acids is 2. The van der Waals surface area contributed by atoms with Crippen LogP contribution in [0.3, 0.4) is 0 Å². The molecule has 0 saturated heterocycles. The van der Waals surface area contributed by atoms with Crippen LogP contribution in [0.25, 0.3) is 0 Å². The molecule has 0 aliphatic rings. The van der Waals surface area contributed by atoms with Crippen LogP contribution >= 0.6 is 0 Å². The average molecular weight is 222 g/mol. The van der Waals surface area contributed by atoms with Crippen molar-refractivity contribution in [2.75, 3.05) is 0 Å². The first-order valence-corrected chi connectivity index (χ1v) is 4.18. The van der Waals surface area contributed by atoms with E-state index in [0.717, 1.165) is 0 Å². The minimum Gasteiger partial charge on any atom is -0.478 e. The molecule has 16 heavy (non-hydrogen) atoms. The highest BCUT2D eigenvalue weighted by atomic mass is 16.4. The van der Waals surface area contributed by atoms with E-state index in [0.29, 0.717) is 0 Å². The van der Waals surface area contributed by atoms with Crippen LogP contribution in [0.4, 0.5) is 0 Å². The highest BCUT2D eigenvalue weighted by Gasteiger charge is 2.13. The largest absolute Gasteiger partial charge is 0.478 e. The fourth-order valence-electron chi connectivity index (χ4n) is 0.856. The van der Waals surface area contributed by atoms with Gasteiger partial charge in [0.15, 0.2) is 0 Å². The van der Waals surface area contributed by atoms with Crippen molar-refractivity contribution in [3.05, 3.63) is 61.7 Å². The number of hydrogen-bond donors (Lipinski definition) is 2. The van der Waals surface area contributed by atoms with Crippen LogP contribution in [0.2, 0.25) is 0 Å². The Balaban J connectivity index is 0. The molecule has 4 nitrogen and oxygen atoms in total. The van der Waals surface area contributed by atoms with Crippen LogP contribution in [-0.4, -0.2) is 22.2 Å². The summed E-state index contributed by atoms with van der Waals surface area (Å²) >= 11 is 0. The second-order valence-electron chi connectivity index (χ2n) is 2.16. The molecule has 1 aromatic carbocycles. The molecule has 1 rings (SSSR count). The Bertz CT molecular complexity index is 323. The molecule has 0 radical (unpaired) electrons. The number of carboxylic acid groups (broad SMARTS) is 2. The second kappa shape index (κ2) is 9.21. The fourth-order valence-corrected chi connectivity index (χ4v) is 0.856. The SMILES string of the molecule is C=C.C=C.O=C(O)c1ccccc1C(=O)O. The Labute approximate surface area is 94.2 Å². The van der Waals surface area contributed by atoms with E-state index >= 15 is 0 Å². The van der Waals surface area contributed by atoms with Gasteiger partial charge >= 0.3 is 11.9 Å².